The SMILES string of the molecule is O=C(O)[C@H]1O[C@@H](Oc2cc3oc(-c4ccccc4)cc(=O)c3c(O)c2O)C(O)[C@@H](O)[C@@H]1O. The molecule has 1 unspecified atom stereocenters. The van der Waals surface area contributed by atoms with E-state index in [4.69, 9.17) is 19.0 Å². The summed E-state index contributed by atoms with van der Waals surface area (Å²) in [5.74, 6) is -3.76. The Hall–Kier alpha value is -3.64. The molecule has 1 aliphatic heterocycles. The van der Waals surface area contributed by atoms with Crippen LogP contribution in [0.2, 0.25) is 0 Å². The lowest BCUT2D eigenvalue weighted by Crippen LogP contribution is -2.61. The molecule has 0 amide bonds. The van der Waals surface area contributed by atoms with Gasteiger partial charge in [0.2, 0.25) is 12.0 Å². The third-order valence-corrected chi connectivity index (χ3v) is 5.05. The van der Waals surface area contributed by atoms with E-state index in [1.165, 1.54) is 0 Å². The van der Waals surface area contributed by atoms with E-state index in [2.05, 4.69) is 0 Å². The highest BCUT2D eigenvalue weighted by Crippen LogP contribution is 2.42. The quantitative estimate of drug-likeness (QED) is 0.299. The minimum Gasteiger partial charge on any atom is -0.504 e. The van der Waals surface area contributed by atoms with Crippen molar-refractivity contribution >= 4 is 16.9 Å². The Balaban J connectivity index is 1.77. The fraction of sp³-hybridized carbons (Fsp3) is 0.238. The summed E-state index contributed by atoms with van der Waals surface area (Å²) in [5.41, 5.74) is -0.265. The maximum atomic E-state index is 12.5. The van der Waals surface area contributed by atoms with Crippen LogP contribution in [-0.2, 0) is 9.53 Å². The minimum atomic E-state index is -1.94. The van der Waals surface area contributed by atoms with Crippen LogP contribution in [0.15, 0.2) is 51.7 Å². The van der Waals surface area contributed by atoms with Gasteiger partial charge in [0.1, 0.15) is 35.0 Å². The van der Waals surface area contributed by atoms with Gasteiger partial charge in [-0.05, 0) is 0 Å². The predicted molar refractivity (Wildman–Crippen MR) is 106 cm³/mol. The van der Waals surface area contributed by atoms with Gasteiger partial charge < -0.3 is 44.5 Å². The van der Waals surface area contributed by atoms with Gasteiger partial charge in [-0.25, -0.2) is 4.79 Å². The molecule has 0 radical (unpaired) electrons. The number of ether oxygens (including phenoxy) is 2. The number of phenolic OH excluding ortho intramolecular Hbond substituents is 2. The highest BCUT2D eigenvalue weighted by atomic mass is 16.7. The van der Waals surface area contributed by atoms with Crippen molar-refractivity contribution < 1.29 is 49.3 Å². The Morgan fingerprint density at radius 3 is 2.28 bits per heavy atom. The number of rotatable bonds is 4. The van der Waals surface area contributed by atoms with Gasteiger partial charge in [-0.3, -0.25) is 4.79 Å². The molecule has 1 aromatic heterocycles. The first kappa shape index (κ1) is 21.6. The van der Waals surface area contributed by atoms with Gasteiger partial charge in [0.15, 0.2) is 23.0 Å². The van der Waals surface area contributed by atoms with E-state index < -0.39 is 59.4 Å². The summed E-state index contributed by atoms with van der Waals surface area (Å²) < 4.78 is 16.0. The van der Waals surface area contributed by atoms with Crippen molar-refractivity contribution in [3.05, 3.63) is 52.7 Å². The number of hydrogen-bond donors (Lipinski definition) is 6. The molecule has 168 valence electrons. The zero-order chi connectivity index (χ0) is 23.2. The van der Waals surface area contributed by atoms with Crippen molar-refractivity contribution in [1.82, 2.24) is 0 Å². The molecule has 6 N–H and O–H groups in total. The van der Waals surface area contributed by atoms with E-state index in [0.29, 0.717) is 5.56 Å². The summed E-state index contributed by atoms with van der Waals surface area (Å²) in [4.78, 5) is 23.8. The molecule has 32 heavy (non-hydrogen) atoms. The Morgan fingerprint density at radius 1 is 0.938 bits per heavy atom. The summed E-state index contributed by atoms with van der Waals surface area (Å²) in [7, 11) is 0. The van der Waals surface area contributed by atoms with E-state index in [0.717, 1.165) is 12.1 Å². The summed E-state index contributed by atoms with van der Waals surface area (Å²) >= 11 is 0. The summed E-state index contributed by atoms with van der Waals surface area (Å²) in [6.45, 7) is 0. The van der Waals surface area contributed by atoms with Gasteiger partial charge in [0.05, 0.1) is 0 Å². The number of aliphatic hydroxyl groups is 3. The van der Waals surface area contributed by atoms with Crippen LogP contribution in [-0.4, -0.2) is 67.3 Å². The first-order valence-electron chi connectivity index (χ1n) is 9.36. The lowest BCUT2D eigenvalue weighted by atomic mass is 9.99. The van der Waals surface area contributed by atoms with E-state index in [1.807, 2.05) is 0 Å². The molecule has 0 bridgehead atoms. The van der Waals surface area contributed by atoms with Gasteiger partial charge in [0, 0.05) is 17.7 Å². The van der Waals surface area contributed by atoms with Gasteiger partial charge in [-0.1, -0.05) is 30.3 Å². The fourth-order valence-corrected chi connectivity index (χ4v) is 3.38. The van der Waals surface area contributed by atoms with E-state index in [1.54, 1.807) is 30.3 Å². The van der Waals surface area contributed by atoms with E-state index in [9.17, 15) is 35.1 Å². The number of fused-ring (bicyclic) bond motifs is 1. The molecular formula is C21H18O11. The maximum Gasteiger partial charge on any atom is 0.335 e. The number of phenols is 2. The smallest absolute Gasteiger partial charge is 0.335 e. The number of hydrogen-bond acceptors (Lipinski definition) is 10. The topological polar surface area (TPSA) is 187 Å². The molecule has 2 heterocycles. The molecule has 5 atom stereocenters. The molecular weight excluding hydrogens is 428 g/mol. The first-order chi connectivity index (χ1) is 15.2. The van der Waals surface area contributed by atoms with Gasteiger partial charge in [-0.2, -0.15) is 0 Å². The molecule has 3 aromatic rings. The Kier molecular flexibility index (Phi) is 5.48. The summed E-state index contributed by atoms with van der Waals surface area (Å²) in [6, 6.07) is 10.8. The van der Waals surface area contributed by atoms with Crippen LogP contribution in [0, 0.1) is 0 Å². The number of aliphatic hydroxyl groups excluding tert-OH is 3. The average Bonchev–Trinajstić information content (AvgIpc) is 2.77. The van der Waals surface area contributed by atoms with Gasteiger partial charge in [0.25, 0.3) is 0 Å². The molecule has 0 aliphatic carbocycles. The third kappa shape index (κ3) is 3.63. The second kappa shape index (κ2) is 8.13. The first-order valence-corrected chi connectivity index (χ1v) is 9.36. The molecule has 11 heteroatoms. The second-order valence-electron chi connectivity index (χ2n) is 7.14. The monoisotopic (exact) mass is 446 g/mol. The van der Waals surface area contributed by atoms with Crippen LogP contribution < -0.4 is 10.2 Å². The van der Waals surface area contributed by atoms with Crippen molar-refractivity contribution in [3.8, 4) is 28.6 Å². The predicted octanol–water partition coefficient (Wildman–Crippen LogP) is 0.142. The van der Waals surface area contributed by atoms with Crippen molar-refractivity contribution in [3.63, 3.8) is 0 Å². The van der Waals surface area contributed by atoms with Crippen LogP contribution in [0.25, 0.3) is 22.3 Å². The molecule has 1 aliphatic rings. The number of carboxylic acid groups (broad SMARTS) is 1. The van der Waals surface area contributed by atoms with Crippen LogP contribution in [0.4, 0.5) is 0 Å². The van der Waals surface area contributed by atoms with Crippen molar-refractivity contribution in [2.45, 2.75) is 30.7 Å². The highest BCUT2D eigenvalue weighted by molar-refractivity contribution is 5.89. The second-order valence-corrected chi connectivity index (χ2v) is 7.14. The molecule has 1 fully saturated rings. The Morgan fingerprint density at radius 2 is 1.62 bits per heavy atom. The third-order valence-electron chi connectivity index (χ3n) is 5.05. The van der Waals surface area contributed by atoms with E-state index in [-0.39, 0.29) is 16.7 Å². The lowest BCUT2D eigenvalue weighted by Gasteiger charge is -2.38. The lowest BCUT2D eigenvalue weighted by molar-refractivity contribution is -0.271. The number of carbonyl (C=O) groups is 1. The van der Waals surface area contributed by atoms with Gasteiger partial charge >= 0.3 is 5.97 Å². The number of benzene rings is 2. The molecule has 2 aromatic carbocycles. The Bertz CT molecular complexity index is 1220. The maximum absolute atomic E-state index is 12.5. The fourth-order valence-electron chi connectivity index (χ4n) is 3.38. The standard InChI is InChI=1S/C21H18O11/c22-9-6-10(8-4-2-1-3-5-8)30-11-7-12(14(23)15(24)13(9)11)31-21-18(27)16(25)17(26)19(32-21)20(28)29/h1-7,16-19,21,23-27H,(H,28,29)/t16-,17-,18?,19-,21+/m0/s1. The molecule has 0 saturated carbocycles. The molecule has 1 saturated heterocycles. The molecule has 4 rings (SSSR count). The molecule has 11 nitrogen and oxygen atoms in total. The zero-order valence-corrected chi connectivity index (χ0v) is 16.2. The van der Waals surface area contributed by atoms with Crippen LogP contribution >= 0.6 is 0 Å². The zero-order valence-electron chi connectivity index (χ0n) is 16.2. The molecule has 0 spiro atoms. The summed E-state index contributed by atoms with van der Waals surface area (Å²) in [6.07, 6.45) is -9.56. The van der Waals surface area contributed by atoms with Gasteiger partial charge in [-0.15, -0.1) is 0 Å². The van der Waals surface area contributed by atoms with Crippen molar-refractivity contribution in [2.24, 2.45) is 0 Å². The highest BCUT2D eigenvalue weighted by Gasteiger charge is 2.48. The number of aliphatic carboxylic acids is 1. The van der Waals surface area contributed by atoms with Crippen LogP contribution in [0.3, 0.4) is 0 Å². The number of aromatic hydroxyl groups is 2. The van der Waals surface area contributed by atoms with Crippen molar-refractivity contribution in [1.29, 1.82) is 0 Å². The van der Waals surface area contributed by atoms with Crippen molar-refractivity contribution in [2.75, 3.05) is 0 Å². The number of carboxylic acids is 1. The normalized spacial score (nSPS) is 25.5. The van der Waals surface area contributed by atoms with E-state index >= 15 is 0 Å². The van der Waals surface area contributed by atoms with Crippen LogP contribution in [0.5, 0.6) is 17.2 Å². The Labute approximate surface area is 178 Å². The average molecular weight is 446 g/mol. The minimum absolute atomic E-state index is 0.164. The largest absolute Gasteiger partial charge is 0.504 e. The van der Waals surface area contributed by atoms with Crippen LogP contribution in [0.1, 0.15) is 0 Å². The summed E-state index contributed by atoms with van der Waals surface area (Å²) in [5, 5.41) is 59.2.